The molecule has 0 aliphatic rings. The largest absolute Gasteiger partial charge is 0.417 e. The number of nitrogens with zero attached hydrogens (tertiary/aromatic N) is 3. The van der Waals surface area contributed by atoms with E-state index in [1.807, 2.05) is 30.3 Å². The first-order chi connectivity index (χ1) is 9.88. The lowest BCUT2D eigenvalue weighted by atomic mass is 10.2. The molecule has 21 heavy (non-hydrogen) atoms. The first-order valence-corrected chi connectivity index (χ1v) is 6.31. The molecule has 0 saturated heterocycles. The van der Waals surface area contributed by atoms with Crippen molar-refractivity contribution in [3.05, 3.63) is 58.7 Å². The van der Waals surface area contributed by atoms with Gasteiger partial charge in [0.05, 0.1) is 16.8 Å². The van der Waals surface area contributed by atoms with Gasteiger partial charge in [-0.25, -0.2) is 9.99 Å². The van der Waals surface area contributed by atoms with Gasteiger partial charge in [-0.3, -0.25) is 0 Å². The molecule has 0 atom stereocenters. The van der Waals surface area contributed by atoms with Gasteiger partial charge in [0.25, 0.3) is 0 Å². The lowest BCUT2D eigenvalue weighted by Crippen LogP contribution is -2.13. The average molecular weight is 314 g/mol. The maximum absolute atomic E-state index is 12.5. The van der Waals surface area contributed by atoms with Crippen molar-refractivity contribution in [2.75, 3.05) is 12.1 Å². The van der Waals surface area contributed by atoms with Gasteiger partial charge in [-0.2, -0.15) is 18.3 Å². The van der Waals surface area contributed by atoms with E-state index in [2.05, 4.69) is 10.1 Å². The number of alkyl halides is 3. The van der Waals surface area contributed by atoms with Crippen LogP contribution >= 0.6 is 11.6 Å². The Labute approximate surface area is 124 Å². The highest BCUT2D eigenvalue weighted by atomic mass is 35.5. The van der Waals surface area contributed by atoms with Gasteiger partial charge >= 0.3 is 6.18 Å². The standard InChI is InChI=1S/C14H11ClF3N3/c1-21(20-8-10-5-3-2-4-6-10)13-12(15)7-11(9-19-13)14(16,17)18/h2-9H,1H3/b20-8+. The molecule has 110 valence electrons. The molecule has 2 aromatic rings. The topological polar surface area (TPSA) is 28.5 Å². The molecule has 1 heterocycles. The SMILES string of the molecule is CN(/N=C/c1ccccc1)c1ncc(C(F)(F)F)cc1Cl. The zero-order chi connectivity index (χ0) is 15.5. The number of hydrogen-bond acceptors (Lipinski definition) is 3. The molecule has 0 N–H and O–H groups in total. The Hall–Kier alpha value is -2.08. The summed E-state index contributed by atoms with van der Waals surface area (Å²) in [5.41, 5.74) is -0.0379. The highest BCUT2D eigenvalue weighted by Crippen LogP contribution is 2.33. The van der Waals surface area contributed by atoms with Crippen LogP contribution in [-0.4, -0.2) is 18.2 Å². The Bertz CT molecular complexity index is 642. The summed E-state index contributed by atoms with van der Waals surface area (Å²) in [4.78, 5) is 3.72. The smallest absolute Gasteiger partial charge is 0.250 e. The molecule has 0 radical (unpaired) electrons. The summed E-state index contributed by atoms with van der Waals surface area (Å²) in [6.45, 7) is 0. The summed E-state index contributed by atoms with van der Waals surface area (Å²) in [5.74, 6) is 0.150. The minimum atomic E-state index is -4.47. The maximum Gasteiger partial charge on any atom is 0.417 e. The molecule has 0 fully saturated rings. The molecule has 0 unspecified atom stereocenters. The van der Waals surface area contributed by atoms with Crippen LogP contribution < -0.4 is 5.01 Å². The first-order valence-electron chi connectivity index (χ1n) is 5.93. The first kappa shape index (κ1) is 15.3. The number of hydrogen-bond donors (Lipinski definition) is 0. The number of anilines is 1. The summed E-state index contributed by atoms with van der Waals surface area (Å²) in [5, 5.41) is 5.30. The zero-order valence-corrected chi connectivity index (χ0v) is 11.7. The van der Waals surface area contributed by atoms with Crippen molar-refractivity contribution in [3.63, 3.8) is 0 Å². The van der Waals surface area contributed by atoms with Gasteiger partial charge in [0, 0.05) is 13.2 Å². The van der Waals surface area contributed by atoms with Crippen LogP contribution in [0.3, 0.4) is 0 Å². The van der Waals surface area contributed by atoms with Crippen LogP contribution in [0, 0.1) is 0 Å². The van der Waals surface area contributed by atoms with E-state index in [9.17, 15) is 13.2 Å². The van der Waals surface area contributed by atoms with Gasteiger partial charge in [-0.15, -0.1) is 0 Å². The third kappa shape index (κ3) is 3.95. The van der Waals surface area contributed by atoms with E-state index in [1.54, 1.807) is 13.3 Å². The summed E-state index contributed by atoms with van der Waals surface area (Å²) in [6.07, 6.45) is -2.17. The van der Waals surface area contributed by atoms with Crippen LogP contribution in [-0.2, 0) is 6.18 Å². The second kappa shape index (κ2) is 6.13. The van der Waals surface area contributed by atoms with Crippen molar-refractivity contribution in [2.24, 2.45) is 5.10 Å². The Morgan fingerprint density at radius 1 is 1.24 bits per heavy atom. The van der Waals surface area contributed by atoms with Gasteiger partial charge in [-0.05, 0) is 11.6 Å². The monoisotopic (exact) mass is 313 g/mol. The molecule has 0 aliphatic carbocycles. The fourth-order valence-corrected chi connectivity index (χ4v) is 1.86. The molecule has 0 spiro atoms. The third-order valence-corrected chi connectivity index (χ3v) is 2.91. The second-order valence-electron chi connectivity index (χ2n) is 4.21. The van der Waals surface area contributed by atoms with Crippen molar-refractivity contribution < 1.29 is 13.2 Å². The normalized spacial score (nSPS) is 11.9. The van der Waals surface area contributed by atoms with Crippen molar-refractivity contribution in [2.45, 2.75) is 6.18 Å². The van der Waals surface area contributed by atoms with E-state index in [-0.39, 0.29) is 10.8 Å². The lowest BCUT2D eigenvalue weighted by molar-refractivity contribution is -0.137. The predicted molar refractivity (Wildman–Crippen MR) is 76.7 cm³/mol. The minimum absolute atomic E-state index is 0.113. The van der Waals surface area contributed by atoms with Crippen molar-refractivity contribution in [3.8, 4) is 0 Å². The average Bonchev–Trinajstić information content (AvgIpc) is 2.45. The molecular weight excluding hydrogens is 303 g/mol. The minimum Gasteiger partial charge on any atom is -0.250 e. The molecule has 0 bridgehead atoms. The molecule has 1 aromatic carbocycles. The number of benzene rings is 1. The Morgan fingerprint density at radius 3 is 2.48 bits per heavy atom. The molecule has 0 amide bonds. The predicted octanol–water partition coefficient (Wildman–Crippen LogP) is 4.22. The summed E-state index contributed by atoms with van der Waals surface area (Å²) < 4.78 is 37.6. The van der Waals surface area contributed by atoms with E-state index in [4.69, 9.17) is 11.6 Å². The fraction of sp³-hybridized carbons (Fsp3) is 0.143. The van der Waals surface area contributed by atoms with Crippen LogP contribution in [0.2, 0.25) is 5.02 Å². The van der Waals surface area contributed by atoms with E-state index in [0.29, 0.717) is 0 Å². The third-order valence-electron chi connectivity index (χ3n) is 2.64. The van der Waals surface area contributed by atoms with Gasteiger partial charge in [0.1, 0.15) is 0 Å². The van der Waals surface area contributed by atoms with E-state index >= 15 is 0 Å². The lowest BCUT2D eigenvalue weighted by Gasteiger charge is -2.14. The van der Waals surface area contributed by atoms with Gasteiger partial charge < -0.3 is 0 Å². The molecule has 7 heteroatoms. The van der Waals surface area contributed by atoms with Gasteiger partial charge in [-0.1, -0.05) is 41.9 Å². The fourth-order valence-electron chi connectivity index (χ4n) is 1.57. The van der Waals surface area contributed by atoms with E-state index in [1.165, 1.54) is 5.01 Å². The molecule has 1 aromatic heterocycles. The maximum atomic E-state index is 12.5. The van der Waals surface area contributed by atoms with Crippen LogP contribution in [0.15, 0.2) is 47.7 Å². The zero-order valence-electron chi connectivity index (χ0n) is 11.0. The number of pyridine rings is 1. The van der Waals surface area contributed by atoms with Crippen LogP contribution in [0.1, 0.15) is 11.1 Å². The molecule has 2 rings (SSSR count). The van der Waals surface area contributed by atoms with Gasteiger partial charge in [0.15, 0.2) is 5.82 Å². The van der Waals surface area contributed by atoms with Crippen LogP contribution in [0.4, 0.5) is 19.0 Å². The Morgan fingerprint density at radius 2 is 1.90 bits per heavy atom. The quantitative estimate of drug-likeness (QED) is 0.627. The summed E-state index contributed by atoms with van der Waals surface area (Å²) in [7, 11) is 1.56. The molecule has 3 nitrogen and oxygen atoms in total. The van der Waals surface area contributed by atoms with Crippen LogP contribution in [0.25, 0.3) is 0 Å². The van der Waals surface area contributed by atoms with Gasteiger partial charge in [0.2, 0.25) is 0 Å². The second-order valence-corrected chi connectivity index (χ2v) is 4.61. The summed E-state index contributed by atoms with van der Waals surface area (Å²) >= 11 is 5.83. The number of hydrazone groups is 1. The molecular formula is C14H11ClF3N3. The van der Waals surface area contributed by atoms with E-state index < -0.39 is 11.7 Å². The highest BCUT2D eigenvalue weighted by molar-refractivity contribution is 6.33. The van der Waals surface area contributed by atoms with E-state index in [0.717, 1.165) is 17.8 Å². The molecule has 0 aliphatic heterocycles. The number of aromatic nitrogens is 1. The van der Waals surface area contributed by atoms with Crippen molar-refractivity contribution in [1.29, 1.82) is 0 Å². The Balaban J connectivity index is 2.20. The van der Waals surface area contributed by atoms with Crippen LogP contribution in [0.5, 0.6) is 0 Å². The number of rotatable bonds is 3. The van der Waals surface area contributed by atoms with Crippen molar-refractivity contribution >= 4 is 23.6 Å². The van der Waals surface area contributed by atoms with Crippen molar-refractivity contribution in [1.82, 2.24) is 4.98 Å². The summed E-state index contributed by atoms with van der Waals surface area (Å²) in [6, 6.07) is 10.1. The Kier molecular flexibility index (Phi) is 4.47. The highest BCUT2D eigenvalue weighted by Gasteiger charge is 2.31. The number of halogens is 4. The molecule has 0 saturated carbocycles.